The highest BCUT2D eigenvalue weighted by Crippen LogP contribution is 2.42. The van der Waals surface area contributed by atoms with Crippen LogP contribution in [0.2, 0.25) is 0 Å². The summed E-state index contributed by atoms with van der Waals surface area (Å²) in [5, 5.41) is 5.69. The molecule has 0 aliphatic heterocycles. The van der Waals surface area contributed by atoms with Crippen molar-refractivity contribution in [2.75, 3.05) is 32.9 Å². The van der Waals surface area contributed by atoms with Gasteiger partial charge in [-0.25, -0.2) is 0 Å². The number of carbonyl (C=O) groups is 5. The average molecular weight is 571 g/mol. The Hall–Kier alpha value is -2.65. The van der Waals surface area contributed by atoms with Gasteiger partial charge in [0, 0.05) is 24.4 Å². The molecule has 0 heterocycles. The molecule has 0 aliphatic rings. The molecule has 10 heteroatoms. The Labute approximate surface area is 241 Å². The van der Waals surface area contributed by atoms with Gasteiger partial charge in [0.1, 0.15) is 0 Å². The van der Waals surface area contributed by atoms with Gasteiger partial charge in [0.05, 0.1) is 36.6 Å². The third kappa shape index (κ3) is 11.1. The largest absolute Gasteiger partial charge is 0.466 e. The van der Waals surface area contributed by atoms with Crippen LogP contribution >= 0.6 is 0 Å². The fourth-order valence-electron chi connectivity index (χ4n) is 5.05. The van der Waals surface area contributed by atoms with Crippen molar-refractivity contribution in [3.8, 4) is 0 Å². The van der Waals surface area contributed by atoms with Crippen molar-refractivity contribution in [3.05, 3.63) is 0 Å². The van der Waals surface area contributed by atoms with E-state index in [9.17, 15) is 24.0 Å². The van der Waals surface area contributed by atoms with Gasteiger partial charge in [-0.05, 0) is 87.5 Å². The monoisotopic (exact) mass is 570 g/mol. The molecule has 2 amide bonds. The molecule has 0 aliphatic carbocycles. The fraction of sp³-hybridized carbons (Fsp3) is 0.833. The zero-order valence-electron chi connectivity index (χ0n) is 26.5. The first-order valence-corrected chi connectivity index (χ1v) is 14.7. The van der Waals surface area contributed by atoms with Gasteiger partial charge in [0.2, 0.25) is 11.8 Å². The van der Waals surface area contributed by atoms with E-state index in [1.165, 1.54) is 0 Å². The summed E-state index contributed by atoms with van der Waals surface area (Å²) in [7, 11) is 0. The van der Waals surface area contributed by atoms with Gasteiger partial charge in [-0.3, -0.25) is 24.0 Å². The third-order valence-corrected chi connectivity index (χ3v) is 7.45. The lowest BCUT2D eigenvalue weighted by Crippen LogP contribution is -2.46. The predicted octanol–water partition coefficient (Wildman–Crippen LogP) is 4.19. The van der Waals surface area contributed by atoms with Crippen molar-refractivity contribution in [1.82, 2.24) is 10.6 Å². The summed E-state index contributed by atoms with van der Waals surface area (Å²) in [6.45, 7) is 18.8. The normalized spacial score (nSPS) is 15.9. The summed E-state index contributed by atoms with van der Waals surface area (Å²) in [6.07, 6.45) is 0.811. The SMILES string of the molecule is CCNC(=O)C(CC(C)(C)C(=O)OCC)CC(C)(CC(CC(C)(CC)C(=O)OCC)C(=O)OCC)C(=O)NCC. The maximum atomic E-state index is 13.6. The highest BCUT2D eigenvalue weighted by molar-refractivity contribution is 5.86. The van der Waals surface area contributed by atoms with E-state index in [1.807, 2.05) is 6.92 Å². The van der Waals surface area contributed by atoms with Crippen molar-refractivity contribution in [2.24, 2.45) is 28.1 Å². The van der Waals surface area contributed by atoms with E-state index in [0.717, 1.165) is 0 Å². The topological polar surface area (TPSA) is 137 Å². The second kappa shape index (κ2) is 17.2. The second-order valence-corrected chi connectivity index (χ2v) is 11.5. The van der Waals surface area contributed by atoms with Crippen molar-refractivity contribution >= 4 is 29.7 Å². The van der Waals surface area contributed by atoms with E-state index in [2.05, 4.69) is 10.6 Å². The molecule has 0 aromatic carbocycles. The molecular formula is C30H54N2O8. The molecule has 0 rings (SSSR count). The smallest absolute Gasteiger partial charge is 0.311 e. The lowest BCUT2D eigenvalue weighted by Gasteiger charge is -2.37. The van der Waals surface area contributed by atoms with E-state index in [1.54, 1.807) is 62.3 Å². The van der Waals surface area contributed by atoms with E-state index in [4.69, 9.17) is 14.2 Å². The van der Waals surface area contributed by atoms with Crippen molar-refractivity contribution in [3.63, 3.8) is 0 Å². The van der Waals surface area contributed by atoms with Crippen molar-refractivity contribution in [1.29, 1.82) is 0 Å². The van der Waals surface area contributed by atoms with Crippen molar-refractivity contribution < 1.29 is 38.2 Å². The first kappa shape index (κ1) is 37.4. The van der Waals surface area contributed by atoms with Crippen LogP contribution in [0.4, 0.5) is 0 Å². The number of carbonyl (C=O) groups excluding carboxylic acids is 5. The van der Waals surface area contributed by atoms with Crippen LogP contribution in [0.25, 0.3) is 0 Å². The van der Waals surface area contributed by atoms with Gasteiger partial charge in [0.25, 0.3) is 0 Å². The Kier molecular flexibility index (Phi) is 16.1. The Morgan fingerprint density at radius 3 is 1.55 bits per heavy atom. The van der Waals surface area contributed by atoms with Crippen LogP contribution in [0, 0.1) is 28.1 Å². The molecular weight excluding hydrogens is 516 g/mol. The summed E-state index contributed by atoms with van der Waals surface area (Å²) < 4.78 is 15.9. The first-order valence-electron chi connectivity index (χ1n) is 14.7. The van der Waals surface area contributed by atoms with E-state index < -0.39 is 46.0 Å². The standard InChI is InChI=1S/C30H54N2O8/c1-11-29(9,27(37)40-16-6)19-22(24(34)38-14-4)20-30(10,25(35)32-13-3)18-21(23(33)31-12-2)17-28(7,8)26(36)39-15-5/h21-22H,11-20H2,1-10H3,(H,31,33)(H,32,35). The van der Waals surface area contributed by atoms with Gasteiger partial charge in [0.15, 0.2) is 0 Å². The number of esters is 3. The fourth-order valence-corrected chi connectivity index (χ4v) is 5.05. The zero-order valence-corrected chi connectivity index (χ0v) is 26.5. The highest BCUT2D eigenvalue weighted by atomic mass is 16.5. The third-order valence-electron chi connectivity index (χ3n) is 7.45. The average Bonchev–Trinajstić information content (AvgIpc) is 2.88. The van der Waals surface area contributed by atoms with Gasteiger partial charge in [-0.1, -0.05) is 13.8 Å². The lowest BCUT2D eigenvalue weighted by molar-refractivity contribution is -0.159. The Bertz CT molecular complexity index is 859. The molecule has 0 saturated carbocycles. The second-order valence-electron chi connectivity index (χ2n) is 11.5. The Balaban J connectivity index is 6.62. The number of nitrogens with one attached hydrogen (secondary N) is 2. The number of hydrogen-bond acceptors (Lipinski definition) is 8. The maximum absolute atomic E-state index is 13.6. The molecule has 0 aromatic heterocycles. The summed E-state index contributed by atoms with van der Waals surface area (Å²) in [5.41, 5.74) is -3.16. The van der Waals surface area contributed by atoms with Gasteiger partial charge in [-0.15, -0.1) is 0 Å². The number of rotatable bonds is 19. The molecule has 0 radical (unpaired) electrons. The molecule has 0 aromatic rings. The van der Waals surface area contributed by atoms with Crippen LogP contribution in [-0.4, -0.2) is 62.6 Å². The lowest BCUT2D eigenvalue weighted by atomic mass is 9.67. The van der Waals surface area contributed by atoms with Gasteiger partial charge in [-0.2, -0.15) is 0 Å². The van der Waals surface area contributed by atoms with E-state index in [0.29, 0.717) is 19.5 Å². The quantitative estimate of drug-likeness (QED) is 0.174. The summed E-state index contributed by atoms with van der Waals surface area (Å²) in [5.74, 6) is -3.49. The summed E-state index contributed by atoms with van der Waals surface area (Å²) in [4.78, 5) is 65.7. The zero-order chi connectivity index (χ0) is 31.1. The van der Waals surface area contributed by atoms with Crippen LogP contribution in [0.3, 0.4) is 0 Å². The first-order chi connectivity index (χ1) is 18.6. The minimum absolute atomic E-state index is 0.0440. The molecule has 4 atom stereocenters. The summed E-state index contributed by atoms with van der Waals surface area (Å²) in [6, 6.07) is 0. The maximum Gasteiger partial charge on any atom is 0.311 e. The molecule has 10 nitrogen and oxygen atoms in total. The van der Waals surface area contributed by atoms with Crippen LogP contribution in [0.15, 0.2) is 0 Å². The highest BCUT2D eigenvalue weighted by Gasteiger charge is 2.46. The Morgan fingerprint density at radius 1 is 0.600 bits per heavy atom. The van der Waals surface area contributed by atoms with Gasteiger partial charge >= 0.3 is 17.9 Å². The van der Waals surface area contributed by atoms with E-state index in [-0.39, 0.29) is 57.3 Å². The van der Waals surface area contributed by atoms with Crippen LogP contribution < -0.4 is 10.6 Å². The molecule has 0 saturated heterocycles. The predicted molar refractivity (Wildman–Crippen MR) is 153 cm³/mol. The molecule has 0 fully saturated rings. The van der Waals surface area contributed by atoms with E-state index >= 15 is 0 Å². The molecule has 0 spiro atoms. The minimum Gasteiger partial charge on any atom is -0.466 e. The van der Waals surface area contributed by atoms with Crippen molar-refractivity contribution in [2.45, 2.75) is 101 Å². The molecule has 2 N–H and O–H groups in total. The Morgan fingerprint density at radius 2 is 1.07 bits per heavy atom. The molecule has 4 unspecified atom stereocenters. The van der Waals surface area contributed by atoms with Crippen LogP contribution in [0.5, 0.6) is 0 Å². The number of hydrogen-bond donors (Lipinski definition) is 2. The number of ether oxygens (including phenoxy) is 3. The molecule has 0 bridgehead atoms. The van der Waals surface area contributed by atoms with Crippen LogP contribution in [0.1, 0.15) is 101 Å². The van der Waals surface area contributed by atoms with Crippen LogP contribution in [-0.2, 0) is 38.2 Å². The molecule has 232 valence electrons. The minimum atomic E-state index is -1.20. The molecule has 40 heavy (non-hydrogen) atoms. The van der Waals surface area contributed by atoms with Gasteiger partial charge < -0.3 is 24.8 Å². The number of amides is 2. The summed E-state index contributed by atoms with van der Waals surface area (Å²) >= 11 is 0.